The van der Waals surface area contributed by atoms with Gasteiger partial charge in [0.05, 0.1) is 23.2 Å². The number of hydrogen-bond acceptors (Lipinski definition) is 5. The van der Waals surface area contributed by atoms with E-state index >= 15 is 0 Å². The smallest absolute Gasteiger partial charge is 0.173 e. The lowest BCUT2D eigenvalue weighted by atomic mass is 10.2. The molecule has 0 aliphatic carbocycles. The molecule has 1 aromatic rings. The summed E-state index contributed by atoms with van der Waals surface area (Å²) in [6, 6.07) is -0.234. The number of nitrogens with zero attached hydrogens (tertiary/aromatic N) is 2. The van der Waals surface area contributed by atoms with Gasteiger partial charge in [0.1, 0.15) is 5.82 Å². The van der Waals surface area contributed by atoms with E-state index in [2.05, 4.69) is 17.3 Å². The zero-order valence-electron chi connectivity index (χ0n) is 10.5. The zero-order chi connectivity index (χ0) is 13.3. The number of nitrogens with two attached hydrogens (primary N) is 1. The van der Waals surface area contributed by atoms with E-state index in [4.69, 9.17) is 5.73 Å². The van der Waals surface area contributed by atoms with E-state index in [0.717, 1.165) is 18.5 Å². The maximum atomic E-state index is 11.3. The molecule has 0 bridgehead atoms. The van der Waals surface area contributed by atoms with Crippen LogP contribution in [0.2, 0.25) is 0 Å². The molecule has 2 heterocycles. The third-order valence-corrected chi connectivity index (χ3v) is 4.29. The topological polar surface area (TPSA) is 90.0 Å². The van der Waals surface area contributed by atoms with Crippen LogP contribution in [0.25, 0.3) is 0 Å². The van der Waals surface area contributed by atoms with Crippen LogP contribution in [0.15, 0.2) is 11.5 Å². The molecule has 2 rings (SSSR count). The Morgan fingerprint density at radius 1 is 1.61 bits per heavy atom. The van der Waals surface area contributed by atoms with E-state index in [9.17, 15) is 8.42 Å². The van der Waals surface area contributed by atoms with Crippen molar-refractivity contribution in [3.63, 3.8) is 0 Å². The van der Waals surface area contributed by atoms with Gasteiger partial charge in [0.25, 0.3) is 0 Å². The van der Waals surface area contributed by atoms with Gasteiger partial charge in [-0.15, -0.1) is 0 Å². The highest BCUT2D eigenvalue weighted by Gasteiger charge is 2.23. The monoisotopic (exact) mass is 270 g/mol. The molecule has 0 aromatic carbocycles. The molecule has 0 saturated heterocycles. The molecular weight excluding hydrogens is 252 g/mol. The summed E-state index contributed by atoms with van der Waals surface area (Å²) in [7, 11) is -1.26. The Morgan fingerprint density at radius 3 is 2.89 bits per heavy atom. The Balaban J connectivity index is 2.18. The fourth-order valence-corrected chi connectivity index (χ4v) is 3.27. The fraction of sp³-hybridized carbons (Fsp3) is 0.545. The Bertz CT molecular complexity index is 574. The second kappa shape index (κ2) is 4.64. The average molecular weight is 270 g/mol. The van der Waals surface area contributed by atoms with Gasteiger partial charge in [-0.05, 0) is 12.5 Å². The van der Waals surface area contributed by atoms with E-state index in [1.165, 1.54) is 5.41 Å². The van der Waals surface area contributed by atoms with Crippen LogP contribution >= 0.6 is 0 Å². The molecule has 1 unspecified atom stereocenters. The van der Waals surface area contributed by atoms with Crippen LogP contribution in [0.3, 0.4) is 0 Å². The van der Waals surface area contributed by atoms with Crippen LogP contribution in [0, 0.1) is 0 Å². The Kier molecular flexibility index (Phi) is 3.34. The van der Waals surface area contributed by atoms with Gasteiger partial charge in [-0.25, -0.2) is 8.42 Å². The molecule has 3 N–H and O–H groups in total. The molecule has 1 aliphatic heterocycles. The molecule has 0 fully saturated rings. The number of nitrogens with one attached hydrogen (secondary N) is 1. The summed E-state index contributed by atoms with van der Waals surface area (Å²) in [5.41, 5.74) is 7.48. The average Bonchev–Trinajstić information content (AvgIpc) is 2.75. The van der Waals surface area contributed by atoms with Crippen molar-refractivity contribution in [1.29, 1.82) is 0 Å². The Morgan fingerprint density at radius 2 is 2.33 bits per heavy atom. The number of nitrogen functional groups attached to an aromatic ring is 1. The Hall–Kier alpha value is -1.50. The Labute approximate surface area is 107 Å². The van der Waals surface area contributed by atoms with Crippen LogP contribution in [-0.2, 0) is 23.3 Å². The molecule has 1 aromatic heterocycles. The van der Waals surface area contributed by atoms with Gasteiger partial charge < -0.3 is 11.1 Å². The summed E-state index contributed by atoms with van der Waals surface area (Å²) < 4.78 is 24.3. The van der Waals surface area contributed by atoms with Crippen LogP contribution in [0.1, 0.15) is 19.0 Å². The minimum Gasteiger partial charge on any atom is -0.394 e. The van der Waals surface area contributed by atoms with Crippen molar-refractivity contribution in [2.45, 2.75) is 25.8 Å². The molecular formula is C11H18N4O2S. The lowest BCUT2D eigenvalue weighted by molar-refractivity contribution is 0.605. The van der Waals surface area contributed by atoms with Gasteiger partial charge in [-0.3, -0.25) is 4.68 Å². The number of sulfone groups is 1. The van der Waals surface area contributed by atoms with Gasteiger partial charge in [0, 0.05) is 12.5 Å². The number of aromatic nitrogens is 2. The molecule has 0 radical (unpaired) electrons. The largest absolute Gasteiger partial charge is 0.394 e. The minimum absolute atomic E-state index is 0.0702. The normalized spacial score (nSPS) is 21.3. The van der Waals surface area contributed by atoms with Crippen LogP contribution in [0.5, 0.6) is 0 Å². The standard InChI is InChI=1S/C11H18N4O2S/c1-3-4-9-10(12)11(15(2)14-9)13-8-5-6-18(16,17)7-8/h5-6,8,13H,3-4,7,12H2,1-2H3. The van der Waals surface area contributed by atoms with E-state index in [1.54, 1.807) is 17.8 Å². The fourth-order valence-electron chi connectivity index (χ4n) is 2.03. The van der Waals surface area contributed by atoms with Crippen LogP contribution in [0.4, 0.5) is 11.5 Å². The van der Waals surface area contributed by atoms with Crippen molar-refractivity contribution in [2.75, 3.05) is 16.8 Å². The summed E-state index contributed by atoms with van der Waals surface area (Å²) in [6.07, 6.45) is 3.43. The van der Waals surface area contributed by atoms with Gasteiger partial charge in [0.2, 0.25) is 0 Å². The number of aryl methyl sites for hydroxylation is 2. The van der Waals surface area contributed by atoms with Crippen molar-refractivity contribution in [3.8, 4) is 0 Å². The second-order valence-electron chi connectivity index (χ2n) is 4.49. The first-order valence-electron chi connectivity index (χ1n) is 5.92. The first kappa shape index (κ1) is 12.9. The van der Waals surface area contributed by atoms with Gasteiger partial charge in [-0.1, -0.05) is 13.3 Å². The van der Waals surface area contributed by atoms with Gasteiger partial charge >= 0.3 is 0 Å². The maximum Gasteiger partial charge on any atom is 0.173 e. The lowest BCUT2D eigenvalue weighted by Gasteiger charge is -2.12. The zero-order valence-corrected chi connectivity index (χ0v) is 11.4. The van der Waals surface area contributed by atoms with Crippen molar-refractivity contribution < 1.29 is 8.42 Å². The SMILES string of the molecule is CCCc1nn(C)c(NC2C=CS(=O)(=O)C2)c1N. The van der Waals surface area contributed by atoms with E-state index in [-0.39, 0.29) is 11.8 Å². The van der Waals surface area contributed by atoms with Crippen LogP contribution < -0.4 is 11.1 Å². The number of hydrogen-bond donors (Lipinski definition) is 2. The molecule has 1 aliphatic rings. The molecule has 6 nitrogen and oxygen atoms in total. The van der Waals surface area contributed by atoms with Gasteiger partial charge in [-0.2, -0.15) is 5.10 Å². The van der Waals surface area contributed by atoms with Crippen molar-refractivity contribution in [3.05, 3.63) is 17.2 Å². The first-order chi connectivity index (χ1) is 8.43. The van der Waals surface area contributed by atoms with E-state index < -0.39 is 9.84 Å². The minimum atomic E-state index is -3.06. The highest BCUT2D eigenvalue weighted by Crippen LogP contribution is 2.25. The van der Waals surface area contributed by atoms with Crippen molar-refractivity contribution >= 4 is 21.3 Å². The molecule has 0 amide bonds. The molecule has 0 spiro atoms. The second-order valence-corrected chi connectivity index (χ2v) is 6.42. The summed E-state index contributed by atoms with van der Waals surface area (Å²) in [5.74, 6) is 0.756. The highest BCUT2D eigenvalue weighted by molar-refractivity contribution is 7.94. The molecule has 0 saturated carbocycles. The van der Waals surface area contributed by atoms with Crippen molar-refractivity contribution in [1.82, 2.24) is 9.78 Å². The predicted molar refractivity (Wildman–Crippen MR) is 72.0 cm³/mol. The third-order valence-electron chi connectivity index (χ3n) is 2.90. The van der Waals surface area contributed by atoms with Crippen LogP contribution in [-0.4, -0.2) is 30.0 Å². The molecule has 1 atom stereocenters. The predicted octanol–water partition coefficient (Wildman–Crippen LogP) is 0.677. The molecule has 18 heavy (non-hydrogen) atoms. The van der Waals surface area contributed by atoms with E-state index in [1.807, 2.05) is 0 Å². The number of anilines is 2. The van der Waals surface area contributed by atoms with Gasteiger partial charge in [0.15, 0.2) is 9.84 Å². The summed E-state index contributed by atoms with van der Waals surface area (Å²) in [4.78, 5) is 0. The highest BCUT2D eigenvalue weighted by atomic mass is 32.2. The number of rotatable bonds is 4. The van der Waals surface area contributed by atoms with E-state index in [0.29, 0.717) is 11.5 Å². The maximum absolute atomic E-state index is 11.3. The summed E-state index contributed by atoms with van der Waals surface area (Å²) in [6.45, 7) is 2.06. The summed E-state index contributed by atoms with van der Waals surface area (Å²) in [5, 5.41) is 8.70. The quantitative estimate of drug-likeness (QED) is 0.839. The molecule has 7 heteroatoms. The lowest BCUT2D eigenvalue weighted by Crippen LogP contribution is -2.23. The first-order valence-corrected chi connectivity index (χ1v) is 7.63. The third kappa shape index (κ3) is 2.50. The summed E-state index contributed by atoms with van der Waals surface area (Å²) >= 11 is 0. The van der Waals surface area contributed by atoms with Crippen molar-refractivity contribution in [2.24, 2.45) is 7.05 Å². The molecule has 100 valence electrons.